The maximum absolute atomic E-state index is 12.8. The van der Waals surface area contributed by atoms with Crippen molar-refractivity contribution in [2.24, 2.45) is 0 Å². The molecule has 4 rings (SSSR count). The van der Waals surface area contributed by atoms with Crippen LogP contribution in [0.3, 0.4) is 0 Å². The van der Waals surface area contributed by atoms with Crippen molar-refractivity contribution in [2.45, 2.75) is 25.8 Å². The van der Waals surface area contributed by atoms with E-state index in [1.54, 1.807) is 4.90 Å². The summed E-state index contributed by atoms with van der Waals surface area (Å²) in [6, 6.07) is 4.03. The smallest absolute Gasteiger partial charge is 0.313 e. The second kappa shape index (κ2) is 7.15. The molecule has 2 aliphatic heterocycles. The van der Waals surface area contributed by atoms with Crippen molar-refractivity contribution in [3.05, 3.63) is 39.6 Å². The van der Waals surface area contributed by atoms with Crippen LogP contribution in [-0.2, 0) is 0 Å². The lowest BCUT2D eigenvalue weighted by atomic mass is 10.1. The van der Waals surface area contributed by atoms with Crippen LogP contribution in [0.25, 0.3) is 0 Å². The molecule has 2 saturated heterocycles. The molecule has 9 nitrogen and oxygen atoms in total. The van der Waals surface area contributed by atoms with Crippen LogP contribution in [0, 0.1) is 6.92 Å². The van der Waals surface area contributed by atoms with Gasteiger partial charge in [-0.3, -0.25) is 19.2 Å². The number of likely N-dealkylation sites (N-methyl/N-ethyl adjacent to an activating group) is 1. The van der Waals surface area contributed by atoms with Gasteiger partial charge in [0.2, 0.25) is 5.69 Å². The third kappa shape index (κ3) is 3.46. The quantitative estimate of drug-likeness (QED) is 0.851. The number of anilines is 1. The molecule has 0 radical (unpaired) electrons. The number of carbonyl (C=O) groups is 1. The highest BCUT2D eigenvalue weighted by atomic mass is 16.6. The Bertz CT molecular complexity index is 883. The first-order valence-electron chi connectivity index (χ1n) is 9.30. The van der Waals surface area contributed by atoms with Crippen molar-refractivity contribution < 1.29 is 9.42 Å². The second-order valence-corrected chi connectivity index (χ2v) is 7.30. The first-order valence-corrected chi connectivity index (χ1v) is 9.30. The average molecular weight is 372 g/mol. The number of rotatable bonds is 3. The van der Waals surface area contributed by atoms with E-state index in [9.17, 15) is 9.59 Å². The van der Waals surface area contributed by atoms with E-state index < -0.39 is 11.5 Å². The van der Waals surface area contributed by atoms with E-state index in [-0.39, 0.29) is 11.7 Å². The SMILES string of the molecule is Cc1cc(N2CCN(C)CC2)cc(C2CCCN2C(=O)c2no[nH]c2=O)n1. The zero-order chi connectivity index (χ0) is 19.0. The summed E-state index contributed by atoms with van der Waals surface area (Å²) in [5, 5.41) is 5.61. The Morgan fingerprint density at radius 1 is 1.22 bits per heavy atom. The summed E-state index contributed by atoms with van der Waals surface area (Å²) in [6.07, 6.45) is 1.69. The van der Waals surface area contributed by atoms with Gasteiger partial charge in [-0.25, -0.2) is 0 Å². The molecule has 2 fully saturated rings. The molecule has 0 aliphatic carbocycles. The Hall–Kier alpha value is -2.68. The highest BCUT2D eigenvalue weighted by Crippen LogP contribution is 2.33. The van der Waals surface area contributed by atoms with Crippen LogP contribution < -0.4 is 10.5 Å². The summed E-state index contributed by atoms with van der Waals surface area (Å²) in [5.74, 6) is -0.406. The fourth-order valence-corrected chi connectivity index (χ4v) is 3.88. The zero-order valence-corrected chi connectivity index (χ0v) is 15.6. The molecule has 1 unspecified atom stereocenters. The van der Waals surface area contributed by atoms with Gasteiger partial charge in [0.25, 0.3) is 5.91 Å². The summed E-state index contributed by atoms with van der Waals surface area (Å²) in [5.41, 5.74) is 2.15. The van der Waals surface area contributed by atoms with E-state index in [1.165, 1.54) is 0 Å². The van der Waals surface area contributed by atoms with Crippen molar-refractivity contribution in [1.29, 1.82) is 0 Å². The fraction of sp³-hybridized carbons (Fsp3) is 0.556. The Balaban J connectivity index is 1.61. The van der Waals surface area contributed by atoms with E-state index in [0.717, 1.165) is 56.1 Å². The Labute approximate surface area is 156 Å². The van der Waals surface area contributed by atoms with Gasteiger partial charge in [-0.2, -0.15) is 5.16 Å². The third-order valence-electron chi connectivity index (χ3n) is 5.37. The number of nitrogens with zero attached hydrogens (tertiary/aromatic N) is 5. The van der Waals surface area contributed by atoms with Crippen LogP contribution in [-0.4, -0.2) is 70.8 Å². The number of H-pyrrole nitrogens is 1. The van der Waals surface area contributed by atoms with Gasteiger partial charge in [0.05, 0.1) is 11.7 Å². The predicted octanol–water partition coefficient (Wildman–Crippen LogP) is 0.795. The van der Waals surface area contributed by atoms with Crippen molar-refractivity contribution in [2.75, 3.05) is 44.7 Å². The van der Waals surface area contributed by atoms with Gasteiger partial charge in [-0.1, -0.05) is 0 Å². The van der Waals surface area contributed by atoms with E-state index in [4.69, 9.17) is 4.98 Å². The number of aromatic nitrogens is 3. The number of carbonyl (C=O) groups excluding carboxylic acids is 1. The lowest BCUT2D eigenvalue weighted by Crippen LogP contribution is -2.44. The molecule has 0 spiro atoms. The van der Waals surface area contributed by atoms with Crippen molar-refractivity contribution in [3.8, 4) is 0 Å². The molecule has 27 heavy (non-hydrogen) atoms. The molecular formula is C18H24N6O3. The first kappa shape index (κ1) is 17.7. The van der Waals surface area contributed by atoms with Crippen molar-refractivity contribution >= 4 is 11.6 Å². The van der Waals surface area contributed by atoms with Crippen molar-refractivity contribution in [3.63, 3.8) is 0 Å². The maximum Gasteiger partial charge on any atom is 0.313 e. The number of aromatic amines is 1. The lowest BCUT2D eigenvalue weighted by molar-refractivity contribution is 0.0720. The molecule has 2 aliphatic rings. The number of pyridine rings is 1. The number of hydrogen-bond donors (Lipinski definition) is 1. The molecule has 2 aromatic heterocycles. The Morgan fingerprint density at radius 3 is 2.70 bits per heavy atom. The molecule has 9 heteroatoms. The van der Waals surface area contributed by atoms with Crippen LogP contribution in [0.2, 0.25) is 0 Å². The zero-order valence-electron chi connectivity index (χ0n) is 15.6. The van der Waals surface area contributed by atoms with Crippen molar-refractivity contribution in [1.82, 2.24) is 25.1 Å². The van der Waals surface area contributed by atoms with E-state index in [1.807, 2.05) is 6.92 Å². The second-order valence-electron chi connectivity index (χ2n) is 7.30. The molecule has 4 heterocycles. The standard InChI is InChI=1S/C18H24N6O3/c1-12-10-13(23-8-6-22(2)7-9-23)11-14(19-12)15-4-3-5-24(15)18(26)16-17(25)21-27-20-16/h10-11,15H,3-9H2,1-2H3,(H,21,25). The van der Waals surface area contributed by atoms with E-state index in [0.29, 0.717) is 6.54 Å². The lowest BCUT2D eigenvalue weighted by Gasteiger charge is -2.34. The Kier molecular flexibility index (Phi) is 4.69. The highest BCUT2D eigenvalue weighted by Gasteiger charge is 2.34. The van der Waals surface area contributed by atoms with Crippen LogP contribution in [0.15, 0.2) is 21.6 Å². The highest BCUT2D eigenvalue weighted by molar-refractivity contribution is 5.92. The Morgan fingerprint density at radius 2 is 2.00 bits per heavy atom. The number of hydrogen-bond acceptors (Lipinski definition) is 7. The van der Waals surface area contributed by atoms with Crippen LogP contribution in [0.5, 0.6) is 0 Å². The van der Waals surface area contributed by atoms with Gasteiger partial charge < -0.3 is 14.7 Å². The molecule has 144 valence electrons. The largest absolute Gasteiger partial charge is 0.369 e. The molecule has 0 saturated carbocycles. The summed E-state index contributed by atoms with van der Waals surface area (Å²) in [7, 11) is 2.13. The molecule has 0 aromatic carbocycles. The van der Waals surface area contributed by atoms with Gasteiger partial charge in [0.15, 0.2) is 0 Å². The van der Waals surface area contributed by atoms with Crippen LogP contribution in [0.4, 0.5) is 5.69 Å². The summed E-state index contributed by atoms with van der Waals surface area (Å²) in [4.78, 5) is 35.5. The summed E-state index contributed by atoms with van der Waals surface area (Å²) < 4.78 is 4.53. The number of nitrogens with one attached hydrogen (secondary N) is 1. The monoisotopic (exact) mass is 372 g/mol. The van der Waals surface area contributed by atoms with Gasteiger partial charge >= 0.3 is 5.56 Å². The number of aryl methyl sites for hydroxylation is 1. The van der Waals surface area contributed by atoms with E-state index in [2.05, 4.69) is 43.9 Å². The molecular weight excluding hydrogens is 348 g/mol. The summed E-state index contributed by atoms with van der Waals surface area (Å²) >= 11 is 0. The summed E-state index contributed by atoms with van der Waals surface area (Å²) in [6.45, 7) is 6.56. The minimum atomic E-state index is -0.596. The molecule has 2 aromatic rings. The topological polar surface area (TPSA) is 98.6 Å². The predicted molar refractivity (Wildman–Crippen MR) is 98.8 cm³/mol. The average Bonchev–Trinajstić information content (AvgIpc) is 3.30. The number of amides is 1. The van der Waals surface area contributed by atoms with Gasteiger partial charge in [-0.05, 0) is 44.1 Å². The number of piperazine rings is 1. The number of likely N-dealkylation sites (tertiary alicyclic amines) is 1. The minimum absolute atomic E-state index is 0.153. The molecule has 1 N–H and O–H groups in total. The fourth-order valence-electron chi connectivity index (χ4n) is 3.88. The minimum Gasteiger partial charge on any atom is -0.369 e. The third-order valence-corrected chi connectivity index (χ3v) is 5.37. The van der Waals surface area contributed by atoms with Crippen LogP contribution in [0.1, 0.15) is 40.8 Å². The molecule has 0 bridgehead atoms. The van der Waals surface area contributed by atoms with Gasteiger partial charge in [-0.15, -0.1) is 0 Å². The van der Waals surface area contributed by atoms with Gasteiger partial charge in [0, 0.05) is 44.1 Å². The normalized spacial score (nSPS) is 21.0. The van der Waals surface area contributed by atoms with Crippen LogP contribution >= 0.6 is 0 Å². The molecule has 1 amide bonds. The first-order chi connectivity index (χ1) is 13.0. The van der Waals surface area contributed by atoms with Gasteiger partial charge in [0.1, 0.15) is 0 Å². The molecule has 1 atom stereocenters. The van der Waals surface area contributed by atoms with E-state index >= 15 is 0 Å². The maximum atomic E-state index is 12.8.